The molecule has 0 spiro atoms. The Labute approximate surface area is 186 Å². The van der Waals surface area contributed by atoms with Crippen LogP contribution in [0.3, 0.4) is 0 Å². The van der Waals surface area contributed by atoms with Gasteiger partial charge in [-0.2, -0.15) is 0 Å². The van der Waals surface area contributed by atoms with Crippen LogP contribution in [0.25, 0.3) is 6.08 Å². The summed E-state index contributed by atoms with van der Waals surface area (Å²) < 4.78 is 25.2. The first kappa shape index (κ1) is 21.5. The van der Waals surface area contributed by atoms with E-state index in [2.05, 4.69) is 15.6 Å². The van der Waals surface area contributed by atoms with Crippen molar-refractivity contribution in [3.8, 4) is 11.5 Å². The first-order chi connectivity index (χ1) is 15.7. The van der Waals surface area contributed by atoms with Crippen LogP contribution in [-0.2, 0) is 9.53 Å². The SMILES string of the molecule is O=C(/C=C/c1ccc(Oc2cccnc2)c(F)c1)Nc1ccc(NC2CCOCC2)cc1. The van der Waals surface area contributed by atoms with E-state index in [-0.39, 0.29) is 11.7 Å². The van der Waals surface area contributed by atoms with E-state index in [1.54, 1.807) is 30.5 Å². The van der Waals surface area contributed by atoms with Gasteiger partial charge in [-0.25, -0.2) is 4.39 Å². The van der Waals surface area contributed by atoms with Crippen molar-refractivity contribution in [3.05, 3.63) is 84.4 Å². The van der Waals surface area contributed by atoms with Crippen molar-refractivity contribution in [1.29, 1.82) is 0 Å². The molecule has 2 N–H and O–H groups in total. The quantitative estimate of drug-likeness (QED) is 0.498. The number of halogens is 1. The van der Waals surface area contributed by atoms with E-state index in [0.29, 0.717) is 23.0 Å². The Morgan fingerprint density at radius 3 is 2.59 bits per heavy atom. The van der Waals surface area contributed by atoms with Crippen molar-refractivity contribution in [2.75, 3.05) is 23.8 Å². The number of benzene rings is 2. The molecule has 0 unspecified atom stereocenters. The molecule has 0 radical (unpaired) electrons. The van der Waals surface area contributed by atoms with E-state index in [4.69, 9.17) is 9.47 Å². The second kappa shape index (κ2) is 10.5. The Morgan fingerprint density at radius 2 is 1.88 bits per heavy atom. The number of carbonyl (C=O) groups excluding carboxylic acids is 1. The summed E-state index contributed by atoms with van der Waals surface area (Å²) in [5, 5.41) is 6.28. The highest BCUT2D eigenvalue weighted by Gasteiger charge is 2.13. The normalized spacial score (nSPS) is 14.3. The highest BCUT2D eigenvalue weighted by molar-refractivity contribution is 6.02. The van der Waals surface area contributed by atoms with Gasteiger partial charge in [0.25, 0.3) is 0 Å². The van der Waals surface area contributed by atoms with Crippen LogP contribution < -0.4 is 15.4 Å². The van der Waals surface area contributed by atoms with E-state index in [9.17, 15) is 9.18 Å². The molecule has 0 bridgehead atoms. The summed E-state index contributed by atoms with van der Waals surface area (Å²) in [6.45, 7) is 1.56. The monoisotopic (exact) mass is 433 g/mol. The van der Waals surface area contributed by atoms with Crippen molar-refractivity contribution in [1.82, 2.24) is 4.98 Å². The maximum absolute atomic E-state index is 14.3. The number of amides is 1. The molecule has 1 saturated heterocycles. The van der Waals surface area contributed by atoms with Gasteiger partial charge in [0, 0.05) is 42.9 Å². The van der Waals surface area contributed by atoms with Crippen LogP contribution in [0.4, 0.5) is 15.8 Å². The number of carbonyl (C=O) groups is 1. The number of hydrogen-bond acceptors (Lipinski definition) is 5. The van der Waals surface area contributed by atoms with Crippen LogP contribution in [-0.4, -0.2) is 30.1 Å². The van der Waals surface area contributed by atoms with Gasteiger partial charge in [0.05, 0.1) is 6.20 Å². The minimum atomic E-state index is -0.524. The molecule has 3 aromatic rings. The number of nitrogens with zero attached hydrogens (tertiary/aromatic N) is 1. The molecular weight excluding hydrogens is 409 g/mol. The lowest BCUT2D eigenvalue weighted by molar-refractivity contribution is -0.111. The van der Waals surface area contributed by atoms with Crippen LogP contribution in [0.2, 0.25) is 0 Å². The zero-order valence-corrected chi connectivity index (χ0v) is 17.5. The third-order valence-corrected chi connectivity index (χ3v) is 4.99. The molecule has 2 heterocycles. The van der Waals surface area contributed by atoms with E-state index in [0.717, 1.165) is 31.7 Å². The summed E-state index contributed by atoms with van der Waals surface area (Å²) >= 11 is 0. The number of aromatic nitrogens is 1. The number of hydrogen-bond donors (Lipinski definition) is 2. The minimum Gasteiger partial charge on any atom is -0.453 e. The third kappa shape index (κ3) is 6.15. The molecule has 7 heteroatoms. The maximum atomic E-state index is 14.3. The van der Waals surface area contributed by atoms with E-state index >= 15 is 0 Å². The summed E-state index contributed by atoms with van der Waals surface area (Å²) in [6.07, 6.45) is 8.00. The van der Waals surface area contributed by atoms with Gasteiger partial charge in [0.1, 0.15) is 5.75 Å². The van der Waals surface area contributed by atoms with Crippen molar-refractivity contribution >= 4 is 23.4 Å². The largest absolute Gasteiger partial charge is 0.453 e. The zero-order valence-electron chi connectivity index (χ0n) is 17.5. The summed E-state index contributed by atoms with van der Waals surface area (Å²) in [5.74, 6) is -0.285. The van der Waals surface area contributed by atoms with Gasteiger partial charge >= 0.3 is 0 Å². The Morgan fingerprint density at radius 1 is 1.09 bits per heavy atom. The average molecular weight is 433 g/mol. The first-order valence-corrected chi connectivity index (χ1v) is 10.5. The fraction of sp³-hybridized carbons (Fsp3) is 0.200. The molecular formula is C25H24FN3O3. The fourth-order valence-corrected chi connectivity index (χ4v) is 3.32. The predicted molar refractivity (Wildman–Crippen MR) is 122 cm³/mol. The van der Waals surface area contributed by atoms with Crippen LogP contribution in [0.1, 0.15) is 18.4 Å². The van der Waals surface area contributed by atoms with Gasteiger partial charge in [-0.3, -0.25) is 9.78 Å². The molecule has 2 aromatic carbocycles. The van der Waals surface area contributed by atoms with Gasteiger partial charge in [-0.05, 0) is 73.0 Å². The molecule has 1 aromatic heterocycles. The van der Waals surface area contributed by atoms with Gasteiger partial charge in [0.15, 0.2) is 11.6 Å². The van der Waals surface area contributed by atoms with Crippen molar-refractivity contribution in [2.24, 2.45) is 0 Å². The number of nitrogens with one attached hydrogen (secondary N) is 2. The topological polar surface area (TPSA) is 72.5 Å². The second-order valence-electron chi connectivity index (χ2n) is 7.41. The minimum absolute atomic E-state index is 0.0917. The molecule has 6 nitrogen and oxygen atoms in total. The van der Waals surface area contributed by atoms with Crippen molar-refractivity contribution in [2.45, 2.75) is 18.9 Å². The summed E-state index contributed by atoms with van der Waals surface area (Å²) in [7, 11) is 0. The molecule has 0 atom stereocenters. The van der Waals surface area contributed by atoms with E-state index in [1.165, 1.54) is 24.4 Å². The third-order valence-electron chi connectivity index (χ3n) is 4.99. The Hall–Kier alpha value is -3.71. The number of ether oxygens (including phenoxy) is 2. The molecule has 164 valence electrons. The number of pyridine rings is 1. The number of rotatable bonds is 7. The summed E-state index contributed by atoms with van der Waals surface area (Å²) in [4.78, 5) is 16.2. The van der Waals surface area contributed by atoms with Crippen LogP contribution in [0, 0.1) is 5.82 Å². The van der Waals surface area contributed by atoms with Crippen molar-refractivity contribution in [3.63, 3.8) is 0 Å². The first-order valence-electron chi connectivity index (χ1n) is 10.5. The lowest BCUT2D eigenvalue weighted by atomic mass is 10.1. The average Bonchev–Trinajstić information content (AvgIpc) is 2.82. The molecule has 1 fully saturated rings. The van der Waals surface area contributed by atoms with Crippen LogP contribution in [0.5, 0.6) is 11.5 Å². The highest BCUT2D eigenvalue weighted by Crippen LogP contribution is 2.25. The molecule has 0 saturated carbocycles. The Bertz CT molecular complexity index is 1070. The van der Waals surface area contributed by atoms with Gasteiger partial charge in [-0.15, -0.1) is 0 Å². The lowest BCUT2D eigenvalue weighted by Crippen LogP contribution is -2.27. The van der Waals surface area contributed by atoms with E-state index < -0.39 is 5.82 Å². The van der Waals surface area contributed by atoms with Crippen LogP contribution >= 0.6 is 0 Å². The molecule has 1 aliphatic heterocycles. The summed E-state index contributed by atoms with van der Waals surface area (Å²) in [5.41, 5.74) is 2.24. The summed E-state index contributed by atoms with van der Waals surface area (Å²) in [6, 6.07) is 15.9. The smallest absolute Gasteiger partial charge is 0.248 e. The van der Waals surface area contributed by atoms with Gasteiger partial charge in [0.2, 0.25) is 5.91 Å². The van der Waals surface area contributed by atoms with Gasteiger partial charge < -0.3 is 20.1 Å². The van der Waals surface area contributed by atoms with E-state index in [1.807, 2.05) is 24.3 Å². The Kier molecular flexibility index (Phi) is 7.09. The predicted octanol–water partition coefficient (Wildman–Crippen LogP) is 5.26. The molecule has 32 heavy (non-hydrogen) atoms. The molecule has 0 aliphatic carbocycles. The molecule has 1 aliphatic rings. The highest BCUT2D eigenvalue weighted by atomic mass is 19.1. The zero-order chi connectivity index (χ0) is 22.2. The number of anilines is 2. The van der Waals surface area contributed by atoms with Crippen LogP contribution in [0.15, 0.2) is 73.1 Å². The second-order valence-corrected chi connectivity index (χ2v) is 7.41. The lowest BCUT2D eigenvalue weighted by Gasteiger charge is -2.24. The molecule has 1 amide bonds. The van der Waals surface area contributed by atoms with Crippen molar-refractivity contribution < 1.29 is 18.7 Å². The van der Waals surface area contributed by atoms with Gasteiger partial charge in [-0.1, -0.05) is 6.07 Å². The Balaban J connectivity index is 1.30. The standard InChI is InChI=1S/C25H24FN3O3/c26-23-16-18(3-9-24(23)32-22-2-1-13-27-17-22)4-10-25(30)29-20-7-5-19(6-8-20)28-21-11-14-31-15-12-21/h1-10,13,16-17,21,28H,11-12,14-15H2,(H,29,30)/b10-4+. The fourth-order valence-electron chi connectivity index (χ4n) is 3.32. The maximum Gasteiger partial charge on any atom is 0.248 e. The molecule has 4 rings (SSSR count).